The lowest BCUT2D eigenvalue weighted by atomic mass is 10.0. The summed E-state index contributed by atoms with van der Waals surface area (Å²) in [4.78, 5) is 11.0. The van der Waals surface area contributed by atoms with Crippen LogP contribution in [0.25, 0.3) is 0 Å². The summed E-state index contributed by atoms with van der Waals surface area (Å²) < 4.78 is 0. The maximum Gasteiger partial charge on any atom is 0.153 e. The average molecular weight is 411 g/mol. The Bertz CT molecular complexity index is 911. The van der Waals surface area contributed by atoms with Gasteiger partial charge in [-0.1, -0.05) is 24.6 Å². The Hall–Kier alpha value is -2.58. The summed E-state index contributed by atoms with van der Waals surface area (Å²) in [5.41, 5.74) is 1.20. The third-order valence-electron chi connectivity index (χ3n) is 4.96. The summed E-state index contributed by atoms with van der Waals surface area (Å²) >= 11 is 1.63. The zero-order chi connectivity index (χ0) is 19.9. The summed E-state index contributed by atoms with van der Waals surface area (Å²) in [5, 5.41) is 23.3. The largest absolute Gasteiger partial charge is 0.396 e. The minimum absolute atomic E-state index is 0.152. The van der Waals surface area contributed by atoms with Gasteiger partial charge < -0.3 is 15.7 Å². The van der Waals surface area contributed by atoms with Crippen molar-refractivity contribution in [1.29, 1.82) is 0 Å². The molecule has 3 aromatic heterocycles. The third kappa shape index (κ3) is 5.48. The van der Waals surface area contributed by atoms with Crippen molar-refractivity contribution in [1.82, 2.24) is 20.2 Å². The molecule has 0 saturated heterocycles. The van der Waals surface area contributed by atoms with Gasteiger partial charge in [0.15, 0.2) is 5.82 Å². The van der Waals surface area contributed by atoms with Crippen LogP contribution in [0.2, 0.25) is 0 Å². The van der Waals surface area contributed by atoms with Gasteiger partial charge in [0.05, 0.1) is 0 Å². The Morgan fingerprint density at radius 1 is 1.10 bits per heavy atom. The Balaban J connectivity index is 1.52. The van der Waals surface area contributed by atoms with Gasteiger partial charge in [0.2, 0.25) is 0 Å². The lowest BCUT2D eigenvalue weighted by molar-refractivity contribution is 0.292. The fraction of sp³-hybridized carbons (Fsp3) is 0.381. The molecule has 3 aromatic rings. The van der Waals surface area contributed by atoms with Crippen LogP contribution >= 0.6 is 11.8 Å². The van der Waals surface area contributed by atoms with Crippen molar-refractivity contribution in [2.75, 3.05) is 23.8 Å². The molecule has 7 nitrogen and oxygen atoms in total. The van der Waals surface area contributed by atoms with Gasteiger partial charge in [0, 0.05) is 53.0 Å². The Morgan fingerprint density at radius 3 is 2.76 bits per heavy atom. The fourth-order valence-corrected chi connectivity index (χ4v) is 4.41. The number of aliphatic hydroxyl groups is 1. The smallest absolute Gasteiger partial charge is 0.153 e. The van der Waals surface area contributed by atoms with E-state index in [0.29, 0.717) is 18.9 Å². The second-order valence-electron chi connectivity index (χ2n) is 7.18. The van der Waals surface area contributed by atoms with Crippen LogP contribution in [0.4, 0.5) is 17.5 Å². The molecule has 4 rings (SSSR count). The first-order valence-electron chi connectivity index (χ1n) is 10.1. The van der Waals surface area contributed by atoms with Crippen LogP contribution in [0, 0.1) is 0 Å². The number of aromatic amines is 1. The zero-order valence-electron chi connectivity index (χ0n) is 16.3. The SMILES string of the molecule is OCCCNc1cc(Sc2cccnc2)cc(Nc2cc(C3CCCC3)[nH]n2)n1. The number of H-pyrrole nitrogens is 1. The van der Waals surface area contributed by atoms with E-state index in [1.54, 1.807) is 18.0 Å². The van der Waals surface area contributed by atoms with Gasteiger partial charge in [0.25, 0.3) is 0 Å². The molecule has 0 spiro atoms. The molecule has 1 aliphatic carbocycles. The van der Waals surface area contributed by atoms with E-state index >= 15 is 0 Å². The van der Waals surface area contributed by atoms with Gasteiger partial charge in [-0.25, -0.2) is 4.98 Å². The zero-order valence-corrected chi connectivity index (χ0v) is 17.1. The molecule has 0 unspecified atom stereocenters. The molecule has 0 atom stereocenters. The van der Waals surface area contributed by atoms with Crippen molar-refractivity contribution in [3.63, 3.8) is 0 Å². The molecule has 29 heavy (non-hydrogen) atoms. The highest BCUT2D eigenvalue weighted by molar-refractivity contribution is 7.99. The van der Waals surface area contributed by atoms with Crippen molar-refractivity contribution < 1.29 is 5.11 Å². The number of hydrogen-bond acceptors (Lipinski definition) is 7. The molecular formula is C21H26N6OS. The van der Waals surface area contributed by atoms with E-state index in [2.05, 4.69) is 36.9 Å². The number of rotatable bonds is 9. The molecule has 0 aliphatic heterocycles. The van der Waals surface area contributed by atoms with E-state index in [0.717, 1.165) is 27.2 Å². The number of hydrogen-bond donors (Lipinski definition) is 4. The molecule has 4 N–H and O–H groups in total. The van der Waals surface area contributed by atoms with Gasteiger partial charge in [-0.05, 0) is 43.5 Å². The topological polar surface area (TPSA) is 98.8 Å². The standard InChI is InChI=1S/C21H26N6OS/c28-10-4-9-23-19-11-17(29-16-7-3-8-22-14-16)12-20(24-19)25-21-13-18(26-27-21)15-5-1-2-6-15/h3,7-8,11-15,28H,1-2,4-6,9-10H2,(H3,23,24,25,26,27). The molecule has 1 aliphatic rings. The predicted octanol–water partition coefficient (Wildman–Crippen LogP) is 4.55. The van der Waals surface area contributed by atoms with E-state index in [1.165, 1.54) is 31.4 Å². The second-order valence-corrected chi connectivity index (χ2v) is 8.33. The van der Waals surface area contributed by atoms with Crippen LogP contribution in [0.15, 0.2) is 52.5 Å². The molecule has 1 fully saturated rings. The maximum absolute atomic E-state index is 9.04. The van der Waals surface area contributed by atoms with Crippen LogP contribution in [-0.4, -0.2) is 38.4 Å². The average Bonchev–Trinajstić information content (AvgIpc) is 3.41. The monoisotopic (exact) mass is 410 g/mol. The first-order chi connectivity index (χ1) is 14.3. The van der Waals surface area contributed by atoms with Crippen molar-refractivity contribution in [2.24, 2.45) is 0 Å². The van der Waals surface area contributed by atoms with Crippen LogP contribution < -0.4 is 10.6 Å². The number of nitrogens with zero attached hydrogens (tertiary/aromatic N) is 3. The van der Waals surface area contributed by atoms with Gasteiger partial charge in [-0.3, -0.25) is 10.1 Å². The highest BCUT2D eigenvalue weighted by Crippen LogP contribution is 2.34. The van der Waals surface area contributed by atoms with Crippen molar-refractivity contribution in [2.45, 2.75) is 47.8 Å². The number of aromatic nitrogens is 4. The number of aliphatic hydroxyl groups excluding tert-OH is 1. The first kappa shape index (κ1) is 19.7. The van der Waals surface area contributed by atoms with Crippen molar-refractivity contribution in [3.05, 3.63) is 48.4 Å². The third-order valence-corrected chi connectivity index (χ3v) is 5.91. The van der Waals surface area contributed by atoms with Crippen LogP contribution in [0.1, 0.15) is 43.7 Å². The number of anilines is 3. The number of pyridine rings is 2. The normalized spacial score (nSPS) is 14.2. The molecule has 0 amide bonds. The second kappa shape index (κ2) is 9.76. The minimum Gasteiger partial charge on any atom is -0.396 e. The van der Waals surface area contributed by atoms with E-state index in [9.17, 15) is 0 Å². The van der Waals surface area contributed by atoms with E-state index in [4.69, 9.17) is 5.11 Å². The molecule has 0 bridgehead atoms. The van der Waals surface area contributed by atoms with Gasteiger partial charge in [0.1, 0.15) is 11.6 Å². The van der Waals surface area contributed by atoms with Crippen molar-refractivity contribution >= 4 is 29.2 Å². The van der Waals surface area contributed by atoms with Gasteiger partial charge in [-0.2, -0.15) is 5.10 Å². The minimum atomic E-state index is 0.152. The molecule has 0 aromatic carbocycles. The van der Waals surface area contributed by atoms with Crippen LogP contribution in [0.5, 0.6) is 0 Å². The van der Waals surface area contributed by atoms with Gasteiger partial charge in [-0.15, -0.1) is 0 Å². The van der Waals surface area contributed by atoms with Crippen molar-refractivity contribution in [3.8, 4) is 0 Å². The first-order valence-corrected chi connectivity index (χ1v) is 10.9. The summed E-state index contributed by atoms with van der Waals surface area (Å²) in [6.45, 7) is 0.817. The summed E-state index contributed by atoms with van der Waals surface area (Å²) in [6.07, 6.45) is 9.35. The lowest BCUT2D eigenvalue weighted by Crippen LogP contribution is -2.06. The van der Waals surface area contributed by atoms with E-state index < -0.39 is 0 Å². The Labute approximate surface area is 174 Å². The maximum atomic E-state index is 9.04. The molecule has 1 saturated carbocycles. The fourth-order valence-electron chi connectivity index (χ4n) is 3.54. The Morgan fingerprint density at radius 2 is 1.97 bits per heavy atom. The molecular weight excluding hydrogens is 384 g/mol. The quantitative estimate of drug-likeness (QED) is 0.384. The van der Waals surface area contributed by atoms with Gasteiger partial charge >= 0.3 is 0 Å². The van der Waals surface area contributed by atoms with Crippen LogP contribution in [0.3, 0.4) is 0 Å². The summed E-state index contributed by atoms with van der Waals surface area (Å²) in [5.74, 6) is 2.87. The molecule has 0 radical (unpaired) electrons. The van der Waals surface area contributed by atoms with Crippen LogP contribution in [-0.2, 0) is 0 Å². The molecule has 152 valence electrons. The summed E-state index contributed by atoms with van der Waals surface area (Å²) in [6, 6.07) is 10.1. The Kier molecular flexibility index (Phi) is 6.63. The van der Waals surface area contributed by atoms with E-state index in [1.807, 2.05) is 30.5 Å². The molecule has 3 heterocycles. The molecule has 8 heteroatoms. The predicted molar refractivity (Wildman–Crippen MR) is 116 cm³/mol. The highest BCUT2D eigenvalue weighted by Gasteiger charge is 2.19. The summed E-state index contributed by atoms with van der Waals surface area (Å²) in [7, 11) is 0. The lowest BCUT2D eigenvalue weighted by Gasteiger charge is -2.11. The van der Waals surface area contributed by atoms with E-state index in [-0.39, 0.29) is 6.61 Å². The highest BCUT2D eigenvalue weighted by atomic mass is 32.2. The number of nitrogens with one attached hydrogen (secondary N) is 3.